The molecule has 0 aliphatic heterocycles. The number of hydrazine groups is 1. The minimum absolute atomic E-state index is 0.127. The fourth-order valence-corrected chi connectivity index (χ4v) is 5.48. The summed E-state index contributed by atoms with van der Waals surface area (Å²) < 4.78 is 0. The minimum atomic E-state index is -0.285. The zero-order valence-electron chi connectivity index (χ0n) is 18.8. The van der Waals surface area contributed by atoms with Crippen LogP contribution in [0.5, 0.6) is 5.75 Å². The van der Waals surface area contributed by atoms with Crippen LogP contribution in [0.3, 0.4) is 0 Å². The van der Waals surface area contributed by atoms with Crippen molar-refractivity contribution in [2.75, 3.05) is 0 Å². The topological polar surface area (TPSA) is 106 Å². The number of rotatable bonds is 6. The number of phenolic OH excluding ortho intramolecular Hbond substituents is 1. The van der Waals surface area contributed by atoms with Gasteiger partial charge in [-0.25, -0.2) is 5.84 Å². The van der Waals surface area contributed by atoms with Crippen molar-refractivity contribution < 1.29 is 9.90 Å². The molecule has 34 heavy (non-hydrogen) atoms. The van der Waals surface area contributed by atoms with Gasteiger partial charge in [0.25, 0.3) is 0 Å². The van der Waals surface area contributed by atoms with Gasteiger partial charge in [0.15, 0.2) is 0 Å². The first kappa shape index (κ1) is 22.4. The lowest BCUT2D eigenvalue weighted by atomic mass is 9.82. The first-order chi connectivity index (χ1) is 16.6. The maximum atomic E-state index is 12.0. The maximum absolute atomic E-state index is 12.0. The summed E-state index contributed by atoms with van der Waals surface area (Å²) in [5, 5.41) is 20.6. The standard InChI is InChI=1S/C26H27N5O2S/c27-28-25(32)15-17-13-21(18-7-3-1-4-8-18)26(33)24(14-17)31-29-22-12-11-20(16-23(22)30-31)34-19-9-5-2-6-10-19/h2,5-6,9-14,16,18,33H,1,3-4,7-8,15,27H2,(H,28,32). The zero-order chi connectivity index (χ0) is 23.5. The fourth-order valence-electron chi connectivity index (χ4n) is 4.61. The van der Waals surface area contributed by atoms with Crippen LogP contribution < -0.4 is 11.3 Å². The lowest BCUT2D eigenvalue weighted by molar-refractivity contribution is -0.120. The van der Waals surface area contributed by atoms with Gasteiger partial charge in [-0.1, -0.05) is 55.3 Å². The number of aromatic nitrogens is 3. The third kappa shape index (κ3) is 4.78. The van der Waals surface area contributed by atoms with Gasteiger partial charge in [0.2, 0.25) is 5.91 Å². The van der Waals surface area contributed by atoms with Gasteiger partial charge in [-0.3, -0.25) is 10.2 Å². The summed E-state index contributed by atoms with van der Waals surface area (Å²) in [4.78, 5) is 15.7. The summed E-state index contributed by atoms with van der Waals surface area (Å²) in [7, 11) is 0. The van der Waals surface area contributed by atoms with Crippen LogP contribution in [0.2, 0.25) is 0 Å². The molecule has 3 aromatic carbocycles. The molecule has 1 aliphatic carbocycles. The van der Waals surface area contributed by atoms with Crippen molar-refractivity contribution in [2.24, 2.45) is 5.84 Å². The number of nitrogens with one attached hydrogen (secondary N) is 1. The van der Waals surface area contributed by atoms with E-state index in [1.54, 1.807) is 17.8 Å². The number of benzene rings is 3. The largest absolute Gasteiger partial charge is 0.505 e. The average molecular weight is 474 g/mol. The number of fused-ring (bicyclic) bond motifs is 1. The number of carbonyl (C=O) groups excluding carboxylic acids is 1. The van der Waals surface area contributed by atoms with E-state index in [0.717, 1.165) is 57.6 Å². The van der Waals surface area contributed by atoms with Crippen molar-refractivity contribution in [1.29, 1.82) is 0 Å². The third-order valence-corrected chi connectivity index (χ3v) is 7.29. The molecule has 0 unspecified atom stereocenters. The van der Waals surface area contributed by atoms with Crippen LogP contribution in [0.4, 0.5) is 0 Å². The zero-order valence-corrected chi connectivity index (χ0v) is 19.6. The maximum Gasteiger partial charge on any atom is 0.238 e. The molecule has 0 saturated heterocycles. The van der Waals surface area contributed by atoms with E-state index in [2.05, 4.69) is 27.8 Å². The molecule has 0 atom stereocenters. The minimum Gasteiger partial charge on any atom is -0.505 e. The Morgan fingerprint density at radius 1 is 1.00 bits per heavy atom. The van der Waals surface area contributed by atoms with E-state index in [1.165, 1.54) is 11.2 Å². The molecule has 1 aliphatic rings. The van der Waals surface area contributed by atoms with Crippen molar-refractivity contribution in [2.45, 2.75) is 54.2 Å². The van der Waals surface area contributed by atoms with Crippen molar-refractivity contribution in [3.8, 4) is 11.4 Å². The van der Waals surface area contributed by atoms with Crippen molar-refractivity contribution >= 4 is 28.7 Å². The summed E-state index contributed by atoms with van der Waals surface area (Å²) >= 11 is 1.66. The number of hydrogen-bond acceptors (Lipinski definition) is 6. The SMILES string of the molecule is NNC(=O)Cc1cc(C2CCCCC2)c(O)c(-n2nc3ccc(Sc4ccccc4)cc3n2)c1. The normalized spacial score (nSPS) is 14.4. The summed E-state index contributed by atoms with van der Waals surface area (Å²) in [5.41, 5.74) is 5.79. The number of hydrogen-bond donors (Lipinski definition) is 3. The van der Waals surface area contributed by atoms with E-state index in [4.69, 9.17) is 5.84 Å². The first-order valence-electron chi connectivity index (χ1n) is 11.6. The highest BCUT2D eigenvalue weighted by atomic mass is 32.2. The monoisotopic (exact) mass is 473 g/mol. The molecule has 1 fully saturated rings. The van der Waals surface area contributed by atoms with E-state index in [9.17, 15) is 9.90 Å². The lowest BCUT2D eigenvalue weighted by Crippen LogP contribution is -2.31. The number of nitrogens with two attached hydrogens (primary N) is 1. The molecule has 4 N–H and O–H groups in total. The Kier molecular flexibility index (Phi) is 6.51. The summed E-state index contributed by atoms with van der Waals surface area (Å²) in [5.74, 6) is 5.47. The predicted molar refractivity (Wildman–Crippen MR) is 133 cm³/mol. The van der Waals surface area contributed by atoms with E-state index >= 15 is 0 Å². The van der Waals surface area contributed by atoms with Gasteiger partial charge in [-0.05, 0) is 66.3 Å². The first-order valence-corrected chi connectivity index (χ1v) is 12.4. The van der Waals surface area contributed by atoms with Gasteiger partial charge < -0.3 is 5.11 Å². The highest BCUT2D eigenvalue weighted by Crippen LogP contribution is 2.40. The van der Waals surface area contributed by atoms with Gasteiger partial charge in [0.1, 0.15) is 22.5 Å². The smallest absolute Gasteiger partial charge is 0.238 e. The van der Waals surface area contributed by atoms with E-state index in [0.29, 0.717) is 5.69 Å². The number of carbonyl (C=O) groups is 1. The van der Waals surface area contributed by atoms with E-state index < -0.39 is 0 Å². The quantitative estimate of drug-likeness (QED) is 0.210. The molecule has 0 bridgehead atoms. The Labute approximate surface area is 202 Å². The highest BCUT2D eigenvalue weighted by Gasteiger charge is 2.23. The van der Waals surface area contributed by atoms with Crippen LogP contribution in [0.25, 0.3) is 16.7 Å². The number of aromatic hydroxyl groups is 1. The number of phenols is 1. The van der Waals surface area contributed by atoms with Gasteiger partial charge in [-0.15, -0.1) is 15.0 Å². The summed E-state index contributed by atoms with van der Waals surface area (Å²) in [6, 6.07) is 19.8. The van der Waals surface area contributed by atoms with Crippen LogP contribution in [-0.4, -0.2) is 26.0 Å². The molecule has 1 aromatic heterocycles. The predicted octanol–water partition coefficient (Wildman–Crippen LogP) is 4.86. The van der Waals surface area contributed by atoms with Gasteiger partial charge >= 0.3 is 0 Å². The van der Waals surface area contributed by atoms with Gasteiger partial charge in [-0.2, -0.15) is 0 Å². The Bertz CT molecular complexity index is 1320. The van der Waals surface area contributed by atoms with Crippen molar-refractivity contribution in [3.05, 3.63) is 71.8 Å². The van der Waals surface area contributed by atoms with Crippen LogP contribution in [-0.2, 0) is 11.2 Å². The second-order valence-corrected chi connectivity index (χ2v) is 9.83. The lowest BCUT2D eigenvalue weighted by Gasteiger charge is -2.24. The second-order valence-electron chi connectivity index (χ2n) is 8.69. The molecular weight excluding hydrogens is 446 g/mol. The second kappa shape index (κ2) is 9.87. The molecular formula is C26H27N5O2S. The van der Waals surface area contributed by atoms with Crippen LogP contribution in [0, 0.1) is 0 Å². The Hall–Kier alpha value is -3.36. The van der Waals surface area contributed by atoms with Crippen molar-refractivity contribution in [3.63, 3.8) is 0 Å². The summed E-state index contributed by atoms with van der Waals surface area (Å²) in [6.07, 6.45) is 5.66. The van der Waals surface area contributed by atoms with E-state index in [-0.39, 0.29) is 24.0 Å². The van der Waals surface area contributed by atoms with Crippen LogP contribution in [0.1, 0.15) is 49.1 Å². The third-order valence-electron chi connectivity index (χ3n) is 6.30. The highest BCUT2D eigenvalue weighted by molar-refractivity contribution is 7.99. The van der Waals surface area contributed by atoms with Gasteiger partial charge in [0.05, 0.1) is 6.42 Å². The molecule has 7 nitrogen and oxygen atoms in total. The molecule has 0 radical (unpaired) electrons. The Morgan fingerprint density at radius 2 is 1.76 bits per heavy atom. The molecule has 1 heterocycles. The molecule has 0 spiro atoms. The molecule has 8 heteroatoms. The average Bonchev–Trinajstić information content (AvgIpc) is 3.29. The fraction of sp³-hybridized carbons (Fsp3) is 0.269. The Balaban J connectivity index is 1.53. The molecule has 174 valence electrons. The number of nitrogens with zero attached hydrogens (tertiary/aromatic N) is 3. The molecule has 1 saturated carbocycles. The van der Waals surface area contributed by atoms with Crippen molar-refractivity contribution in [1.82, 2.24) is 20.4 Å². The Morgan fingerprint density at radius 3 is 2.53 bits per heavy atom. The summed E-state index contributed by atoms with van der Waals surface area (Å²) in [6.45, 7) is 0. The molecule has 1 amide bonds. The molecule has 4 aromatic rings. The van der Waals surface area contributed by atoms with E-state index in [1.807, 2.05) is 42.5 Å². The molecule has 5 rings (SSSR count). The van der Waals surface area contributed by atoms with Crippen LogP contribution >= 0.6 is 11.8 Å². The number of amides is 1. The van der Waals surface area contributed by atoms with Gasteiger partial charge in [0, 0.05) is 9.79 Å². The van der Waals surface area contributed by atoms with Crippen LogP contribution in [0.15, 0.2) is 70.5 Å².